The molecular weight excluding hydrogens is 317 g/mol. The van der Waals surface area contributed by atoms with E-state index >= 15 is 0 Å². The lowest BCUT2D eigenvalue weighted by atomic mass is 10.2. The summed E-state index contributed by atoms with van der Waals surface area (Å²) in [5.41, 5.74) is 1.66. The monoisotopic (exact) mass is 329 g/mol. The summed E-state index contributed by atoms with van der Waals surface area (Å²) in [6, 6.07) is 13.5. The van der Waals surface area contributed by atoms with Gasteiger partial charge in [-0.2, -0.15) is 5.10 Å². The Labute approximate surface area is 137 Å². The highest BCUT2D eigenvalue weighted by Gasteiger charge is 2.12. The van der Waals surface area contributed by atoms with Crippen molar-refractivity contribution in [1.82, 2.24) is 15.1 Å². The molecule has 0 atom stereocenters. The van der Waals surface area contributed by atoms with E-state index in [2.05, 4.69) is 10.4 Å². The molecule has 6 heteroatoms. The molecule has 4 nitrogen and oxygen atoms in total. The fraction of sp³-hybridized carbons (Fsp3) is 0.0588. The van der Waals surface area contributed by atoms with E-state index in [1.54, 1.807) is 10.9 Å². The first-order chi connectivity index (χ1) is 11.1. The lowest BCUT2D eigenvalue weighted by Gasteiger charge is -2.05. The number of carbonyl (C=O) groups excluding carboxylic acids is 1. The summed E-state index contributed by atoms with van der Waals surface area (Å²) >= 11 is 5.79. The van der Waals surface area contributed by atoms with Gasteiger partial charge in [0.05, 0.1) is 17.4 Å². The van der Waals surface area contributed by atoms with Crippen molar-refractivity contribution in [2.75, 3.05) is 0 Å². The number of amides is 1. The molecule has 1 N–H and O–H groups in total. The van der Waals surface area contributed by atoms with Crippen LogP contribution in [-0.2, 0) is 6.54 Å². The lowest BCUT2D eigenvalue weighted by Crippen LogP contribution is -2.23. The molecule has 1 heterocycles. The number of benzene rings is 2. The van der Waals surface area contributed by atoms with Crippen LogP contribution in [0, 0.1) is 5.82 Å². The molecule has 0 aliphatic rings. The molecule has 0 bridgehead atoms. The predicted molar refractivity (Wildman–Crippen MR) is 86.1 cm³/mol. The van der Waals surface area contributed by atoms with Gasteiger partial charge in [-0.3, -0.25) is 4.79 Å². The Morgan fingerprint density at radius 3 is 2.78 bits per heavy atom. The molecule has 3 rings (SSSR count). The van der Waals surface area contributed by atoms with Gasteiger partial charge in [0.1, 0.15) is 5.82 Å². The summed E-state index contributed by atoms with van der Waals surface area (Å²) in [5, 5.41) is 7.21. The molecule has 0 spiro atoms. The van der Waals surface area contributed by atoms with Crippen LogP contribution < -0.4 is 5.32 Å². The number of carbonyl (C=O) groups is 1. The minimum absolute atomic E-state index is 0.0760. The third-order valence-electron chi connectivity index (χ3n) is 3.28. The van der Waals surface area contributed by atoms with Crippen molar-refractivity contribution in [2.45, 2.75) is 6.54 Å². The molecule has 116 valence electrons. The Morgan fingerprint density at radius 2 is 2.00 bits per heavy atom. The Hall–Kier alpha value is -2.66. The number of halogens is 2. The quantitative estimate of drug-likeness (QED) is 0.795. The van der Waals surface area contributed by atoms with Gasteiger partial charge < -0.3 is 5.32 Å². The lowest BCUT2D eigenvalue weighted by molar-refractivity contribution is 0.0947. The van der Waals surface area contributed by atoms with Crippen LogP contribution in [0.15, 0.2) is 60.9 Å². The van der Waals surface area contributed by atoms with Gasteiger partial charge in [0.2, 0.25) is 0 Å². The Kier molecular flexibility index (Phi) is 4.39. The van der Waals surface area contributed by atoms with Gasteiger partial charge in [-0.05, 0) is 30.3 Å². The van der Waals surface area contributed by atoms with Gasteiger partial charge >= 0.3 is 0 Å². The molecule has 23 heavy (non-hydrogen) atoms. The molecular formula is C17H13ClFN3O. The van der Waals surface area contributed by atoms with E-state index in [9.17, 15) is 9.18 Å². The van der Waals surface area contributed by atoms with Crippen LogP contribution in [-0.4, -0.2) is 15.7 Å². The molecule has 0 fully saturated rings. The first kappa shape index (κ1) is 15.2. The summed E-state index contributed by atoms with van der Waals surface area (Å²) in [6.07, 6.45) is 3.46. The first-order valence-electron chi connectivity index (χ1n) is 6.96. The average molecular weight is 330 g/mol. The maximum absolute atomic E-state index is 13.6. The van der Waals surface area contributed by atoms with E-state index in [1.165, 1.54) is 18.2 Å². The van der Waals surface area contributed by atoms with Crippen molar-refractivity contribution in [3.05, 3.63) is 82.9 Å². The molecule has 2 aromatic carbocycles. The van der Waals surface area contributed by atoms with Crippen molar-refractivity contribution in [3.63, 3.8) is 0 Å². The summed E-state index contributed by atoms with van der Waals surface area (Å²) in [7, 11) is 0. The highest BCUT2D eigenvalue weighted by molar-refractivity contribution is 6.31. The van der Waals surface area contributed by atoms with Gasteiger partial charge in [-0.1, -0.05) is 29.8 Å². The van der Waals surface area contributed by atoms with Crippen molar-refractivity contribution in [2.24, 2.45) is 0 Å². The Bertz CT molecular complexity index is 833. The zero-order chi connectivity index (χ0) is 16.2. The molecule has 0 radical (unpaired) electrons. The fourth-order valence-electron chi connectivity index (χ4n) is 2.12. The van der Waals surface area contributed by atoms with E-state index in [1.807, 2.05) is 36.5 Å². The number of aromatic nitrogens is 2. The predicted octanol–water partition coefficient (Wildman–Crippen LogP) is 3.59. The van der Waals surface area contributed by atoms with E-state index < -0.39 is 11.7 Å². The number of hydrogen-bond donors (Lipinski definition) is 1. The Morgan fingerprint density at radius 1 is 1.22 bits per heavy atom. The van der Waals surface area contributed by atoms with E-state index in [4.69, 9.17) is 11.6 Å². The van der Waals surface area contributed by atoms with Crippen LogP contribution in [0.4, 0.5) is 4.39 Å². The Balaban J connectivity index is 1.68. The standard InChI is InChI=1S/C17H13ClFN3O/c18-13-6-7-16(19)15(8-13)17(23)20-9-12-10-21-22(11-12)14-4-2-1-3-5-14/h1-8,10-11H,9H2,(H,20,23). The van der Waals surface area contributed by atoms with E-state index in [-0.39, 0.29) is 12.1 Å². The topological polar surface area (TPSA) is 46.9 Å². The number of rotatable bonds is 4. The summed E-state index contributed by atoms with van der Waals surface area (Å²) in [5.74, 6) is -1.12. The van der Waals surface area contributed by atoms with Gasteiger partial charge in [-0.15, -0.1) is 0 Å². The van der Waals surface area contributed by atoms with Crippen molar-refractivity contribution in [3.8, 4) is 5.69 Å². The number of nitrogens with one attached hydrogen (secondary N) is 1. The zero-order valence-corrected chi connectivity index (χ0v) is 12.8. The van der Waals surface area contributed by atoms with Gasteiger partial charge in [-0.25, -0.2) is 9.07 Å². The second-order valence-corrected chi connectivity index (χ2v) is 5.37. The first-order valence-corrected chi connectivity index (χ1v) is 7.33. The van der Waals surface area contributed by atoms with Gasteiger partial charge in [0, 0.05) is 23.3 Å². The molecule has 1 amide bonds. The van der Waals surface area contributed by atoms with Gasteiger partial charge in [0.25, 0.3) is 5.91 Å². The van der Waals surface area contributed by atoms with E-state index in [0.29, 0.717) is 5.02 Å². The van der Waals surface area contributed by atoms with Crippen LogP contribution in [0.5, 0.6) is 0 Å². The smallest absolute Gasteiger partial charge is 0.254 e. The van der Waals surface area contributed by atoms with Crippen LogP contribution in [0.25, 0.3) is 5.69 Å². The molecule has 1 aromatic heterocycles. The summed E-state index contributed by atoms with van der Waals surface area (Å²) in [4.78, 5) is 12.0. The molecule has 0 unspecified atom stereocenters. The number of nitrogens with zero attached hydrogens (tertiary/aromatic N) is 2. The molecule has 0 saturated carbocycles. The maximum Gasteiger partial charge on any atom is 0.254 e. The summed E-state index contributed by atoms with van der Waals surface area (Å²) in [6.45, 7) is 0.248. The van der Waals surface area contributed by atoms with Gasteiger partial charge in [0.15, 0.2) is 0 Å². The second kappa shape index (κ2) is 6.62. The van der Waals surface area contributed by atoms with Crippen molar-refractivity contribution >= 4 is 17.5 Å². The van der Waals surface area contributed by atoms with E-state index in [0.717, 1.165) is 11.3 Å². The number of para-hydroxylation sites is 1. The third-order valence-corrected chi connectivity index (χ3v) is 3.52. The molecule has 0 saturated heterocycles. The van der Waals surface area contributed by atoms with Crippen molar-refractivity contribution < 1.29 is 9.18 Å². The minimum atomic E-state index is -0.605. The summed E-state index contributed by atoms with van der Waals surface area (Å²) < 4.78 is 15.3. The highest BCUT2D eigenvalue weighted by Crippen LogP contribution is 2.15. The van der Waals surface area contributed by atoms with Crippen LogP contribution >= 0.6 is 11.6 Å². The fourth-order valence-corrected chi connectivity index (χ4v) is 2.29. The minimum Gasteiger partial charge on any atom is -0.348 e. The SMILES string of the molecule is O=C(NCc1cnn(-c2ccccc2)c1)c1cc(Cl)ccc1F. The van der Waals surface area contributed by atoms with Crippen molar-refractivity contribution in [1.29, 1.82) is 0 Å². The molecule has 3 aromatic rings. The van der Waals surface area contributed by atoms with Crippen LogP contribution in [0.1, 0.15) is 15.9 Å². The highest BCUT2D eigenvalue weighted by atomic mass is 35.5. The third kappa shape index (κ3) is 3.57. The molecule has 0 aliphatic carbocycles. The van der Waals surface area contributed by atoms with Crippen LogP contribution in [0.3, 0.4) is 0 Å². The number of hydrogen-bond acceptors (Lipinski definition) is 2. The zero-order valence-electron chi connectivity index (χ0n) is 12.0. The second-order valence-electron chi connectivity index (χ2n) is 4.94. The van der Waals surface area contributed by atoms with Crippen LogP contribution in [0.2, 0.25) is 5.02 Å². The normalized spacial score (nSPS) is 10.5. The maximum atomic E-state index is 13.6. The molecule has 0 aliphatic heterocycles. The largest absolute Gasteiger partial charge is 0.348 e. The average Bonchev–Trinajstić information content (AvgIpc) is 3.05.